The first-order valence-electron chi connectivity index (χ1n) is 11.9. The lowest BCUT2D eigenvalue weighted by Crippen LogP contribution is -2.48. The number of hydrogen-bond acceptors (Lipinski definition) is 5. The first kappa shape index (κ1) is 23.1. The molecule has 1 saturated heterocycles. The van der Waals surface area contributed by atoms with Gasteiger partial charge in [0.15, 0.2) is 11.7 Å². The van der Waals surface area contributed by atoms with Gasteiger partial charge in [0, 0.05) is 44.7 Å². The van der Waals surface area contributed by atoms with Crippen LogP contribution in [0.15, 0.2) is 68.7 Å². The summed E-state index contributed by atoms with van der Waals surface area (Å²) in [5, 5.41) is 11.2. The molecule has 0 radical (unpaired) electrons. The molecule has 0 saturated carbocycles. The predicted octanol–water partition coefficient (Wildman–Crippen LogP) is 4.33. The van der Waals surface area contributed by atoms with Crippen LogP contribution in [-0.4, -0.2) is 41.7 Å². The molecular formula is C26H35N5O2. The molecule has 3 aromatic rings. The number of nitrogens with zero attached hydrogens (tertiary/aromatic N) is 3. The van der Waals surface area contributed by atoms with Crippen LogP contribution in [0.3, 0.4) is 0 Å². The SMILES string of the molecule is CC(C)c1cc(CN=C(NCCc2ccco2)NC2CCN(Cc3ccccc3)CC2)on1. The van der Waals surface area contributed by atoms with E-state index in [1.165, 1.54) is 5.56 Å². The van der Waals surface area contributed by atoms with Gasteiger partial charge < -0.3 is 19.6 Å². The molecule has 2 N–H and O–H groups in total. The van der Waals surface area contributed by atoms with Crippen molar-refractivity contribution >= 4 is 5.96 Å². The summed E-state index contributed by atoms with van der Waals surface area (Å²) in [5.74, 6) is 2.90. The first-order chi connectivity index (χ1) is 16.2. The van der Waals surface area contributed by atoms with Crippen molar-refractivity contribution in [2.24, 2.45) is 4.99 Å². The molecule has 0 bridgehead atoms. The fourth-order valence-corrected chi connectivity index (χ4v) is 4.01. The number of aliphatic imine (C=N–C) groups is 1. The van der Waals surface area contributed by atoms with E-state index in [9.17, 15) is 0 Å². The van der Waals surface area contributed by atoms with Crippen molar-refractivity contribution in [2.75, 3.05) is 19.6 Å². The maximum Gasteiger partial charge on any atom is 0.191 e. The lowest BCUT2D eigenvalue weighted by Gasteiger charge is -2.33. The molecule has 1 aliphatic heterocycles. The second-order valence-corrected chi connectivity index (χ2v) is 8.97. The van der Waals surface area contributed by atoms with Crippen molar-refractivity contribution in [1.82, 2.24) is 20.7 Å². The predicted molar refractivity (Wildman–Crippen MR) is 130 cm³/mol. The van der Waals surface area contributed by atoms with E-state index in [-0.39, 0.29) is 0 Å². The van der Waals surface area contributed by atoms with Crippen LogP contribution in [0.1, 0.15) is 55.4 Å². The Balaban J connectivity index is 1.31. The molecule has 3 heterocycles. The van der Waals surface area contributed by atoms with Crippen molar-refractivity contribution in [3.8, 4) is 0 Å². The molecule has 0 amide bonds. The number of furan rings is 1. The maximum atomic E-state index is 5.47. The zero-order chi connectivity index (χ0) is 22.9. The van der Waals surface area contributed by atoms with Gasteiger partial charge in [0.25, 0.3) is 0 Å². The lowest BCUT2D eigenvalue weighted by atomic mass is 10.0. The first-order valence-corrected chi connectivity index (χ1v) is 11.9. The molecule has 7 heteroatoms. The summed E-state index contributed by atoms with van der Waals surface area (Å²) in [6, 6.07) is 17.0. The van der Waals surface area contributed by atoms with Gasteiger partial charge in [-0.2, -0.15) is 0 Å². The highest BCUT2D eigenvalue weighted by molar-refractivity contribution is 5.80. The third kappa shape index (κ3) is 7.22. The Kier molecular flexibility index (Phi) is 8.19. The third-order valence-electron chi connectivity index (χ3n) is 5.98. The fraction of sp³-hybridized carbons (Fsp3) is 0.462. The summed E-state index contributed by atoms with van der Waals surface area (Å²) in [7, 11) is 0. The number of nitrogens with one attached hydrogen (secondary N) is 2. The number of guanidine groups is 1. The van der Waals surface area contributed by atoms with E-state index in [1.54, 1.807) is 6.26 Å². The number of benzene rings is 1. The van der Waals surface area contributed by atoms with Gasteiger partial charge in [-0.3, -0.25) is 4.90 Å². The minimum absolute atomic E-state index is 0.344. The average Bonchev–Trinajstić information content (AvgIpc) is 3.52. The summed E-state index contributed by atoms with van der Waals surface area (Å²) in [4.78, 5) is 7.31. The van der Waals surface area contributed by atoms with Crippen molar-refractivity contribution < 1.29 is 8.94 Å². The van der Waals surface area contributed by atoms with Crippen LogP contribution >= 0.6 is 0 Å². The molecule has 2 aromatic heterocycles. The smallest absolute Gasteiger partial charge is 0.191 e. The molecule has 0 spiro atoms. The molecule has 0 unspecified atom stereocenters. The Morgan fingerprint density at radius 1 is 1.12 bits per heavy atom. The van der Waals surface area contributed by atoms with Crippen molar-refractivity contribution in [3.05, 3.63) is 77.6 Å². The van der Waals surface area contributed by atoms with Crippen molar-refractivity contribution in [2.45, 2.75) is 58.2 Å². The number of likely N-dealkylation sites (tertiary alicyclic amines) is 1. The minimum Gasteiger partial charge on any atom is -0.469 e. The Morgan fingerprint density at radius 3 is 2.64 bits per heavy atom. The summed E-state index contributed by atoms with van der Waals surface area (Å²) in [5.41, 5.74) is 2.34. The van der Waals surface area contributed by atoms with E-state index in [0.29, 0.717) is 18.5 Å². The van der Waals surface area contributed by atoms with Crippen LogP contribution in [0, 0.1) is 0 Å². The van der Waals surface area contributed by atoms with Crippen LogP contribution in [0.4, 0.5) is 0 Å². The summed E-state index contributed by atoms with van der Waals surface area (Å²) in [6.45, 7) is 8.59. The molecule has 1 aliphatic rings. The fourth-order valence-electron chi connectivity index (χ4n) is 4.01. The maximum absolute atomic E-state index is 5.47. The molecule has 176 valence electrons. The van der Waals surface area contributed by atoms with E-state index in [2.05, 4.69) is 64.9 Å². The van der Waals surface area contributed by atoms with Crippen molar-refractivity contribution in [1.29, 1.82) is 0 Å². The van der Waals surface area contributed by atoms with Gasteiger partial charge in [-0.05, 0) is 36.5 Å². The molecule has 1 aromatic carbocycles. The van der Waals surface area contributed by atoms with Crippen LogP contribution in [-0.2, 0) is 19.5 Å². The van der Waals surface area contributed by atoms with Crippen molar-refractivity contribution in [3.63, 3.8) is 0 Å². The van der Waals surface area contributed by atoms with Crippen LogP contribution in [0.5, 0.6) is 0 Å². The largest absolute Gasteiger partial charge is 0.469 e. The van der Waals surface area contributed by atoms with Crippen LogP contribution in [0.25, 0.3) is 0 Å². The summed E-state index contributed by atoms with van der Waals surface area (Å²) < 4.78 is 10.9. The molecule has 4 rings (SSSR count). The van der Waals surface area contributed by atoms with Gasteiger partial charge in [0.05, 0.1) is 12.0 Å². The van der Waals surface area contributed by atoms with E-state index in [0.717, 1.165) is 68.6 Å². The molecular weight excluding hydrogens is 414 g/mol. The minimum atomic E-state index is 0.344. The normalized spacial score (nSPS) is 15.8. The zero-order valence-corrected chi connectivity index (χ0v) is 19.7. The quantitative estimate of drug-likeness (QED) is 0.374. The molecule has 0 aliphatic carbocycles. The summed E-state index contributed by atoms with van der Waals surface area (Å²) in [6.07, 6.45) is 4.70. The zero-order valence-electron chi connectivity index (χ0n) is 19.7. The van der Waals surface area contributed by atoms with Gasteiger partial charge in [0.2, 0.25) is 0 Å². The van der Waals surface area contributed by atoms with Gasteiger partial charge in [-0.1, -0.05) is 49.3 Å². The topological polar surface area (TPSA) is 78.8 Å². The number of piperidine rings is 1. The highest BCUT2D eigenvalue weighted by atomic mass is 16.5. The Bertz CT molecular complexity index is 973. The van der Waals surface area contributed by atoms with Gasteiger partial charge in [0.1, 0.15) is 12.3 Å². The second kappa shape index (κ2) is 11.7. The van der Waals surface area contributed by atoms with E-state index in [4.69, 9.17) is 13.9 Å². The number of rotatable bonds is 9. The Labute approximate surface area is 196 Å². The molecule has 1 fully saturated rings. The van der Waals surface area contributed by atoms with E-state index < -0.39 is 0 Å². The summed E-state index contributed by atoms with van der Waals surface area (Å²) >= 11 is 0. The van der Waals surface area contributed by atoms with Crippen LogP contribution in [0.2, 0.25) is 0 Å². The van der Waals surface area contributed by atoms with E-state index >= 15 is 0 Å². The monoisotopic (exact) mass is 449 g/mol. The standard InChI is InChI=1S/C26H35N5O2/c1-20(2)25-17-24(33-30-25)18-28-26(27-13-10-23-9-6-16-32-23)29-22-11-14-31(15-12-22)19-21-7-4-3-5-8-21/h3-9,16-17,20,22H,10-15,18-19H2,1-2H3,(H2,27,28,29). The van der Waals surface area contributed by atoms with E-state index in [1.807, 2.05) is 18.2 Å². The van der Waals surface area contributed by atoms with Crippen LogP contribution < -0.4 is 10.6 Å². The number of aromatic nitrogens is 1. The lowest BCUT2D eigenvalue weighted by molar-refractivity contribution is 0.198. The third-order valence-corrected chi connectivity index (χ3v) is 5.98. The molecule has 33 heavy (non-hydrogen) atoms. The van der Waals surface area contributed by atoms with Gasteiger partial charge >= 0.3 is 0 Å². The van der Waals surface area contributed by atoms with Gasteiger partial charge in [-0.25, -0.2) is 4.99 Å². The highest BCUT2D eigenvalue weighted by Crippen LogP contribution is 2.16. The second-order valence-electron chi connectivity index (χ2n) is 8.97. The van der Waals surface area contributed by atoms with Gasteiger partial charge in [-0.15, -0.1) is 0 Å². The highest BCUT2D eigenvalue weighted by Gasteiger charge is 2.20. The molecule has 7 nitrogen and oxygen atoms in total. The number of hydrogen-bond donors (Lipinski definition) is 2. The molecule has 0 atom stereocenters. The Morgan fingerprint density at radius 2 is 1.94 bits per heavy atom. The average molecular weight is 450 g/mol. The Hall–Kier alpha value is -3.06.